The molecule has 0 fully saturated rings. The van der Waals surface area contributed by atoms with Gasteiger partial charge in [0.05, 0.1) is 40.2 Å². The number of fused-ring (bicyclic) bond motifs is 3. The van der Waals surface area contributed by atoms with Crippen LogP contribution in [-0.4, -0.2) is 55.1 Å². The number of aromatic nitrogens is 3. The number of hydrogen-bond donors (Lipinski definition) is 1. The fourth-order valence-electron chi connectivity index (χ4n) is 4.56. The highest BCUT2D eigenvalue weighted by Gasteiger charge is 2.30. The number of rotatable bonds is 8. The lowest BCUT2D eigenvalue weighted by atomic mass is 9.95. The molecule has 9 nitrogen and oxygen atoms in total. The molecule has 0 unspecified atom stereocenters. The Hall–Kier alpha value is -3.59. The molecule has 0 saturated carbocycles. The van der Waals surface area contributed by atoms with Crippen molar-refractivity contribution in [2.24, 2.45) is 0 Å². The van der Waals surface area contributed by atoms with Gasteiger partial charge < -0.3 is 24.1 Å². The van der Waals surface area contributed by atoms with Crippen LogP contribution in [0.2, 0.25) is 0 Å². The summed E-state index contributed by atoms with van der Waals surface area (Å²) in [5, 5.41) is 17.8. The molecule has 34 heavy (non-hydrogen) atoms. The van der Waals surface area contributed by atoms with Crippen LogP contribution in [-0.2, 0) is 12.8 Å². The molecule has 0 aliphatic heterocycles. The Morgan fingerprint density at radius 2 is 1.79 bits per heavy atom. The van der Waals surface area contributed by atoms with Crippen molar-refractivity contribution in [3.05, 3.63) is 57.5 Å². The number of methoxy groups -OCH3 is 4. The molecule has 0 amide bonds. The number of aryl methyl sites for hydroxylation is 2. The summed E-state index contributed by atoms with van der Waals surface area (Å²) >= 11 is 0. The maximum Gasteiger partial charge on any atom is 0.220 e. The lowest BCUT2D eigenvalue weighted by molar-refractivity contribution is 0.288. The molecule has 1 aromatic heterocycles. The number of benzene rings is 1. The van der Waals surface area contributed by atoms with Crippen LogP contribution < -0.4 is 24.4 Å². The van der Waals surface area contributed by atoms with Gasteiger partial charge in [-0.3, -0.25) is 4.79 Å². The predicted molar refractivity (Wildman–Crippen MR) is 126 cm³/mol. The number of aliphatic hydroxyl groups excluding tert-OH is 1. The van der Waals surface area contributed by atoms with Crippen molar-refractivity contribution in [2.75, 3.05) is 35.0 Å². The van der Waals surface area contributed by atoms with Crippen molar-refractivity contribution < 1.29 is 24.1 Å². The van der Waals surface area contributed by atoms with Gasteiger partial charge in [0, 0.05) is 18.4 Å². The van der Waals surface area contributed by atoms with Crippen molar-refractivity contribution in [3.63, 3.8) is 0 Å². The van der Waals surface area contributed by atoms with E-state index in [0.29, 0.717) is 42.9 Å². The van der Waals surface area contributed by atoms with Crippen molar-refractivity contribution in [2.45, 2.75) is 31.7 Å². The second kappa shape index (κ2) is 10.1. The topological polar surface area (TPSA) is 105 Å². The first-order valence-corrected chi connectivity index (χ1v) is 11.1. The van der Waals surface area contributed by atoms with Crippen LogP contribution in [0.5, 0.6) is 23.0 Å². The van der Waals surface area contributed by atoms with Gasteiger partial charge >= 0.3 is 0 Å². The number of nitrogens with zero attached hydrogens (tertiary/aromatic N) is 3. The van der Waals surface area contributed by atoms with E-state index in [1.54, 1.807) is 38.1 Å². The second-order valence-electron chi connectivity index (χ2n) is 8.03. The summed E-state index contributed by atoms with van der Waals surface area (Å²) in [6, 6.07) is 6.88. The first-order chi connectivity index (χ1) is 16.6. The molecule has 0 bridgehead atoms. The quantitative estimate of drug-likeness (QED) is 0.539. The van der Waals surface area contributed by atoms with Crippen LogP contribution in [0.1, 0.15) is 35.7 Å². The van der Waals surface area contributed by atoms with Crippen LogP contribution in [0, 0.1) is 0 Å². The van der Waals surface area contributed by atoms with Gasteiger partial charge in [0.25, 0.3) is 0 Å². The van der Waals surface area contributed by atoms with Gasteiger partial charge in [-0.25, -0.2) is 4.68 Å². The molecule has 1 heterocycles. The SMILES string of the molecule is COc1cc2c(c(OC)c1OC)-c1ccc(OC)c(=O)cc1[C@@H](n1cc(CCCO)nn1)CC2. The summed E-state index contributed by atoms with van der Waals surface area (Å²) in [5.74, 6) is 1.85. The highest BCUT2D eigenvalue weighted by molar-refractivity contribution is 5.82. The molecular formula is C25H29N3O6. The Morgan fingerprint density at radius 1 is 1.03 bits per heavy atom. The molecule has 1 N–H and O–H groups in total. The first-order valence-electron chi connectivity index (χ1n) is 11.1. The molecule has 0 radical (unpaired) electrons. The van der Waals surface area contributed by atoms with Gasteiger partial charge in [-0.1, -0.05) is 11.3 Å². The molecule has 1 atom stereocenters. The second-order valence-corrected chi connectivity index (χ2v) is 8.03. The average Bonchev–Trinajstić information content (AvgIpc) is 3.19. The zero-order valence-electron chi connectivity index (χ0n) is 19.8. The van der Waals surface area contributed by atoms with Gasteiger partial charge in [-0.15, -0.1) is 5.10 Å². The lowest BCUT2D eigenvalue weighted by Crippen LogP contribution is -2.13. The van der Waals surface area contributed by atoms with E-state index in [0.717, 1.165) is 27.9 Å². The molecule has 0 saturated heterocycles. The Balaban J connectivity index is 1.99. The molecule has 1 aliphatic rings. The maximum atomic E-state index is 13.0. The summed E-state index contributed by atoms with van der Waals surface area (Å²) in [6.07, 6.45) is 4.48. The van der Waals surface area contributed by atoms with E-state index in [9.17, 15) is 4.79 Å². The van der Waals surface area contributed by atoms with Crippen LogP contribution in [0.15, 0.2) is 35.3 Å². The van der Waals surface area contributed by atoms with Crippen LogP contribution in [0.3, 0.4) is 0 Å². The summed E-state index contributed by atoms with van der Waals surface area (Å²) in [6.45, 7) is 0.0903. The third-order valence-corrected chi connectivity index (χ3v) is 6.16. The van der Waals surface area contributed by atoms with Gasteiger partial charge in [-0.2, -0.15) is 0 Å². The Labute approximate surface area is 197 Å². The highest BCUT2D eigenvalue weighted by Crippen LogP contribution is 2.50. The molecule has 180 valence electrons. The molecule has 3 aromatic rings. The van der Waals surface area contributed by atoms with Gasteiger partial charge in [0.1, 0.15) is 0 Å². The summed E-state index contributed by atoms with van der Waals surface area (Å²) in [5.41, 5.74) is 4.03. The van der Waals surface area contributed by atoms with Crippen LogP contribution in [0.4, 0.5) is 0 Å². The normalized spacial score (nSPS) is 14.6. The first kappa shape index (κ1) is 23.6. The van der Waals surface area contributed by atoms with Crippen molar-refractivity contribution in [1.29, 1.82) is 0 Å². The number of ether oxygens (including phenoxy) is 4. The minimum atomic E-state index is -0.246. The monoisotopic (exact) mass is 467 g/mol. The molecule has 1 aliphatic carbocycles. The minimum absolute atomic E-state index is 0.0903. The molecule has 2 aromatic carbocycles. The molecular weight excluding hydrogens is 438 g/mol. The molecule has 0 spiro atoms. The predicted octanol–water partition coefficient (Wildman–Crippen LogP) is 2.80. The number of hydrogen-bond acceptors (Lipinski definition) is 8. The summed E-state index contributed by atoms with van der Waals surface area (Å²) in [4.78, 5) is 13.0. The van der Waals surface area contributed by atoms with E-state index in [1.807, 2.05) is 18.3 Å². The highest BCUT2D eigenvalue weighted by atomic mass is 16.5. The largest absolute Gasteiger partial charge is 0.493 e. The van der Waals surface area contributed by atoms with Crippen molar-refractivity contribution in [1.82, 2.24) is 15.0 Å². The third-order valence-electron chi connectivity index (χ3n) is 6.16. The van der Waals surface area contributed by atoms with E-state index in [4.69, 9.17) is 24.1 Å². The zero-order chi connectivity index (χ0) is 24.2. The van der Waals surface area contributed by atoms with E-state index in [2.05, 4.69) is 10.3 Å². The van der Waals surface area contributed by atoms with E-state index in [1.165, 1.54) is 7.11 Å². The van der Waals surface area contributed by atoms with Crippen LogP contribution >= 0.6 is 0 Å². The molecule has 9 heteroatoms. The van der Waals surface area contributed by atoms with Gasteiger partial charge in [0.2, 0.25) is 11.2 Å². The third kappa shape index (κ3) is 4.19. The fourth-order valence-corrected chi connectivity index (χ4v) is 4.56. The zero-order valence-corrected chi connectivity index (χ0v) is 19.8. The van der Waals surface area contributed by atoms with E-state index in [-0.39, 0.29) is 23.8 Å². The summed E-state index contributed by atoms with van der Waals surface area (Å²) < 4.78 is 24.2. The summed E-state index contributed by atoms with van der Waals surface area (Å²) in [7, 11) is 6.23. The molecule has 4 rings (SSSR count). The Morgan fingerprint density at radius 3 is 2.47 bits per heavy atom. The average molecular weight is 468 g/mol. The Kier molecular flexibility index (Phi) is 7.02. The smallest absolute Gasteiger partial charge is 0.220 e. The van der Waals surface area contributed by atoms with Gasteiger partial charge in [0.15, 0.2) is 17.2 Å². The Bertz CT molecular complexity index is 1240. The van der Waals surface area contributed by atoms with Crippen molar-refractivity contribution >= 4 is 0 Å². The van der Waals surface area contributed by atoms with Crippen molar-refractivity contribution in [3.8, 4) is 34.1 Å². The maximum absolute atomic E-state index is 13.0. The number of aliphatic hydroxyl groups is 1. The fraction of sp³-hybridized carbons (Fsp3) is 0.400. The lowest BCUT2D eigenvalue weighted by Gasteiger charge is -2.19. The minimum Gasteiger partial charge on any atom is -0.493 e. The van der Waals surface area contributed by atoms with E-state index >= 15 is 0 Å². The van der Waals surface area contributed by atoms with Gasteiger partial charge in [-0.05, 0) is 60.6 Å². The van der Waals surface area contributed by atoms with E-state index < -0.39 is 0 Å². The standard InChI is InChI=1S/C25H29N3O6/c1-31-21-10-8-17-18(13-20(21)30)19(28-14-16(26-27-28)6-5-11-29)9-7-15-12-22(32-2)24(33-3)25(34-4)23(15)17/h8,10,12-14,19,29H,5-7,9,11H2,1-4H3/t19-/m0/s1. The van der Waals surface area contributed by atoms with Crippen LogP contribution in [0.25, 0.3) is 11.1 Å².